The molecule has 0 spiro atoms. The van der Waals surface area contributed by atoms with Gasteiger partial charge in [-0.2, -0.15) is 0 Å². The van der Waals surface area contributed by atoms with Gasteiger partial charge in [-0.1, -0.05) is 24.3 Å². The van der Waals surface area contributed by atoms with Crippen LogP contribution in [0.25, 0.3) is 10.9 Å². The Bertz CT molecular complexity index is 612. The Labute approximate surface area is 126 Å². The SMILES string of the molecule is CC(C)(C(NN)c1cccc2cccnc12)N1CCCC1. The monoisotopic (exact) mass is 284 g/mol. The Kier molecular flexibility index (Phi) is 3.93. The fraction of sp³-hybridized carbons (Fsp3) is 0.471. The number of benzene rings is 1. The summed E-state index contributed by atoms with van der Waals surface area (Å²) in [5.41, 5.74) is 5.21. The number of aromatic nitrogens is 1. The summed E-state index contributed by atoms with van der Waals surface area (Å²) >= 11 is 0. The third kappa shape index (κ3) is 2.55. The summed E-state index contributed by atoms with van der Waals surface area (Å²) in [6.45, 7) is 6.82. The first-order valence-electron chi connectivity index (χ1n) is 7.69. The topological polar surface area (TPSA) is 54.2 Å². The van der Waals surface area contributed by atoms with Crippen molar-refractivity contribution in [3.63, 3.8) is 0 Å². The minimum absolute atomic E-state index is 0.0446. The molecule has 21 heavy (non-hydrogen) atoms. The van der Waals surface area contributed by atoms with Gasteiger partial charge in [-0.15, -0.1) is 0 Å². The number of likely N-dealkylation sites (tertiary alicyclic amines) is 1. The minimum Gasteiger partial charge on any atom is -0.296 e. The first-order chi connectivity index (χ1) is 10.1. The molecule has 2 aromatic rings. The van der Waals surface area contributed by atoms with Crippen molar-refractivity contribution in [3.05, 3.63) is 42.1 Å². The highest BCUT2D eigenvalue weighted by molar-refractivity contribution is 5.82. The predicted octanol–water partition coefficient (Wildman–Crippen LogP) is 2.61. The molecule has 3 N–H and O–H groups in total. The van der Waals surface area contributed by atoms with Crippen molar-refractivity contribution < 1.29 is 0 Å². The molecule has 1 unspecified atom stereocenters. The molecule has 0 amide bonds. The van der Waals surface area contributed by atoms with Gasteiger partial charge in [-0.3, -0.25) is 21.2 Å². The Morgan fingerprint density at radius 1 is 1.19 bits per heavy atom. The molecule has 3 rings (SSSR count). The highest BCUT2D eigenvalue weighted by Crippen LogP contribution is 2.35. The standard InChI is InChI=1S/C17H24N4/c1-17(2,21-11-3-4-12-21)16(20-18)14-9-5-7-13-8-6-10-19-15(13)14/h5-10,16,20H,3-4,11-12,18H2,1-2H3. The van der Waals surface area contributed by atoms with E-state index in [0.717, 1.165) is 24.0 Å². The molecule has 0 aliphatic carbocycles. The van der Waals surface area contributed by atoms with Crippen LogP contribution in [-0.2, 0) is 0 Å². The van der Waals surface area contributed by atoms with Crippen LogP contribution < -0.4 is 11.3 Å². The third-order valence-corrected chi connectivity index (χ3v) is 4.77. The van der Waals surface area contributed by atoms with Gasteiger partial charge in [0.15, 0.2) is 0 Å². The van der Waals surface area contributed by atoms with Crippen molar-refractivity contribution in [3.8, 4) is 0 Å². The average molecular weight is 284 g/mol. The Hall–Kier alpha value is -1.49. The maximum Gasteiger partial charge on any atom is 0.0750 e. The molecule has 1 aliphatic heterocycles. The Balaban J connectivity index is 2.05. The van der Waals surface area contributed by atoms with Crippen molar-refractivity contribution in [2.45, 2.75) is 38.3 Å². The number of nitrogens with two attached hydrogens (primary N) is 1. The Morgan fingerprint density at radius 2 is 1.90 bits per heavy atom. The maximum atomic E-state index is 5.95. The van der Waals surface area contributed by atoms with Crippen LogP contribution >= 0.6 is 0 Å². The molecule has 112 valence electrons. The van der Waals surface area contributed by atoms with Crippen LogP contribution in [0.5, 0.6) is 0 Å². The molecule has 0 bridgehead atoms. The number of para-hydroxylation sites is 1. The van der Waals surface area contributed by atoms with Gasteiger partial charge in [0, 0.05) is 17.1 Å². The van der Waals surface area contributed by atoms with Crippen LogP contribution in [0.15, 0.2) is 36.5 Å². The lowest BCUT2D eigenvalue weighted by Gasteiger charge is -2.42. The largest absolute Gasteiger partial charge is 0.296 e. The number of hydrogen-bond acceptors (Lipinski definition) is 4. The molecule has 4 heteroatoms. The van der Waals surface area contributed by atoms with Crippen LogP contribution in [0.4, 0.5) is 0 Å². The zero-order chi connectivity index (χ0) is 14.9. The van der Waals surface area contributed by atoms with Gasteiger partial charge in [0.25, 0.3) is 0 Å². The molecule has 0 radical (unpaired) electrons. The molecule has 1 aliphatic rings. The van der Waals surface area contributed by atoms with Gasteiger partial charge < -0.3 is 0 Å². The van der Waals surface area contributed by atoms with Crippen molar-refractivity contribution in [1.29, 1.82) is 0 Å². The highest BCUT2D eigenvalue weighted by Gasteiger charge is 2.37. The van der Waals surface area contributed by atoms with Gasteiger partial charge >= 0.3 is 0 Å². The zero-order valence-electron chi connectivity index (χ0n) is 12.8. The number of nitrogens with zero attached hydrogens (tertiary/aromatic N) is 2. The molecule has 1 atom stereocenters. The number of nitrogens with one attached hydrogen (secondary N) is 1. The first-order valence-corrected chi connectivity index (χ1v) is 7.69. The molecule has 2 heterocycles. The van der Waals surface area contributed by atoms with Crippen LogP contribution in [0.3, 0.4) is 0 Å². The van der Waals surface area contributed by atoms with Crippen LogP contribution in [-0.4, -0.2) is 28.5 Å². The molecular formula is C17H24N4. The molecule has 4 nitrogen and oxygen atoms in total. The summed E-state index contributed by atoms with van der Waals surface area (Å²) in [6.07, 6.45) is 4.39. The van der Waals surface area contributed by atoms with Gasteiger partial charge in [-0.25, -0.2) is 0 Å². The van der Waals surface area contributed by atoms with Gasteiger partial charge in [0.05, 0.1) is 11.6 Å². The van der Waals surface area contributed by atoms with E-state index in [9.17, 15) is 0 Å². The van der Waals surface area contributed by atoms with Crippen LogP contribution in [0.1, 0.15) is 38.3 Å². The number of fused-ring (bicyclic) bond motifs is 1. The molecule has 1 saturated heterocycles. The predicted molar refractivity (Wildman–Crippen MR) is 86.7 cm³/mol. The van der Waals surface area contributed by atoms with Crippen LogP contribution in [0.2, 0.25) is 0 Å². The van der Waals surface area contributed by atoms with E-state index in [4.69, 9.17) is 5.84 Å². The minimum atomic E-state index is -0.0446. The third-order valence-electron chi connectivity index (χ3n) is 4.77. The molecule has 1 fully saturated rings. The summed E-state index contributed by atoms with van der Waals surface area (Å²) < 4.78 is 0. The second-order valence-corrected chi connectivity index (χ2v) is 6.37. The van der Waals surface area contributed by atoms with E-state index in [0.29, 0.717) is 0 Å². The second-order valence-electron chi connectivity index (χ2n) is 6.37. The number of rotatable bonds is 4. The van der Waals surface area contributed by atoms with E-state index < -0.39 is 0 Å². The molecule has 1 aromatic carbocycles. The summed E-state index contributed by atoms with van der Waals surface area (Å²) in [4.78, 5) is 7.10. The lowest BCUT2D eigenvalue weighted by atomic mass is 9.86. The summed E-state index contributed by atoms with van der Waals surface area (Å²) in [5.74, 6) is 5.95. The van der Waals surface area contributed by atoms with E-state index in [1.54, 1.807) is 0 Å². The molecular weight excluding hydrogens is 260 g/mol. The zero-order valence-corrected chi connectivity index (χ0v) is 12.8. The van der Waals surface area contributed by atoms with Crippen molar-refractivity contribution >= 4 is 10.9 Å². The lowest BCUT2D eigenvalue weighted by Crippen LogP contribution is -2.53. The van der Waals surface area contributed by atoms with Crippen molar-refractivity contribution in [1.82, 2.24) is 15.3 Å². The van der Waals surface area contributed by atoms with E-state index >= 15 is 0 Å². The van der Waals surface area contributed by atoms with E-state index in [1.165, 1.54) is 18.4 Å². The maximum absolute atomic E-state index is 5.95. The lowest BCUT2D eigenvalue weighted by molar-refractivity contribution is 0.107. The van der Waals surface area contributed by atoms with Crippen molar-refractivity contribution in [2.75, 3.05) is 13.1 Å². The quantitative estimate of drug-likeness (QED) is 0.669. The summed E-state index contributed by atoms with van der Waals surface area (Å²) in [7, 11) is 0. The van der Waals surface area contributed by atoms with Crippen molar-refractivity contribution in [2.24, 2.45) is 5.84 Å². The van der Waals surface area contributed by atoms with Crippen LogP contribution in [0, 0.1) is 0 Å². The number of pyridine rings is 1. The normalized spacial score (nSPS) is 18.2. The molecule has 1 aromatic heterocycles. The van der Waals surface area contributed by atoms with E-state index in [-0.39, 0.29) is 11.6 Å². The number of hydrogen-bond donors (Lipinski definition) is 2. The van der Waals surface area contributed by atoms with E-state index in [1.807, 2.05) is 12.3 Å². The second kappa shape index (κ2) is 5.72. The number of hydrazine groups is 1. The Morgan fingerprint density at radius 3 is 2.62 bits per heavy atom. The summed E-state index contributed by atoms with van der Waals surface area (Å²) in [5, 5.41) is 1.16. The van der Waals surface area contributed by atoms with Gasteiger partial charge in [-0.05, 0) is 51.4 Å². The fourth-order valence-corrected chi connectivity index (χ4v) is 3.51. The smallest absolute Gasteiger partial charge is 0.0750 e. The van der Waals surface area contributed by atoms with Gasteiger partial charge in [0.2, 0.25) is 0 Å². The summed E-state index contributed by atoms with van der Waals surface area (Å²) in [6, 6.07) is 10.4. The molecule has 0 saturated carbocycles. The van der Waals surface area contributed by atoms with E-state index in [2.05, 4.69) is 53.4 Å². The first kappa shape index (κ1) is 14.4. The highest BCUT2D eigenvalue weighted by atomic mass is 15.3. The fourth-order valence-electron chi connectivity index (χ4n) is 3.51. The van der Waals surface area contributed by atoms with Gasteiger partial charge in [0.1, 0.15) is 0 Å². The average Bonchev–Trinajstić information content (AvgIpc) is 3.03.